The van der Waals surface area contributed by atoms with Gasteiger partial charge in [0.15, 0.2) is 0 Å². The van der Waals surface area contributed by atoms with Gasteiger partial charge in [0, 0.05) is 18.2 Å². The third-order valence-corrected chi connectivity index (χ3v) is 2.31. The minimum absolute atomic E-state index is 0.0781. The lowest BCUT2D eigenvalue weighted by molar-refractivity contribution is -0.120. The standard InChI is InChI=1S/C12H17FN2O/c1-3-14-12(16)8-15-9(2)10-6-4-5-7-11(10)13/h4-7,9,15H,3,8H2,1-2H3,(H,14,16)/t9-/m1/s1. The monoisotopic (exact) mass is 224 g/mol. The maximum absolute atomic E-state index is 13.4. The van der Waals surface area contributed by atoms with E-state index in [1.807, 2.05) is 13.8 Å². The first-order chi connectivity index (χ1) is 7.65. The molecule has 0 heterocycles. The van der Waals surface area contributed by atoms with Crippen LogP contribution in [-0.2, 0) is 4.79 Å². The highest BCUT2D eigenvalue weighted by Crippen LogP contribution is 2.15. The summed E-state index contributed by atoms with van der Waals surface area (Å²) in [6.45, 7) is 4.49. The fraction of sp³-hybridized carbons (Fsp3) is 0.417. The molecule has 0 aliphatic rings. The van der Waals surface area contributed by atoms with Gasteiger partial charge < -0.3 is 10.6 Å². The lowest BCUT2D eigenvalue weighted by Gasteiger charge is -2.14. The van der Waals surface area contributed by atoms with E-state index in [1.165, 1.54) is 6.07 Å². The molecule has 0 bridgehead atoms. The van der Waals surface area contributed by atoms with Crippen molar-refractivity contribution in [2.24, 2.45) is 0 Å². The molecule has 88 valence electrons. The first-order valence-corrected chi connectivity index (χ1v) is 5.39. The summed E-state index contributed by atoms with van der Waals surface area (Å²) in [6.07, 6.45) is 0. The highest BCUT2D eigenvalue weighted by atomic mass is 19.1. The molecule has 0 saturated carbocycles. The van der Waals surface area contributed by atoms with Crippen LogP contribution in [0.3, 0.4) is 0 Å². The summed E-state index contributed by atoms with van der Waals surface area (Å²) in [5, 5.41) is 5.64. The van der Waals surface area contributed by atoms with Crippen LogP contribution in [0.1, 0.15) is 25.5 Å². The average Bonchev–Trinajstić information content (AvgIpc) is 2.27. The van der Waals surface area contributed by atoms with E-state index >= 15 is 0 Å². The Balaban J connectivity index is 2.50. The smallest absolute Gasteiger partial charge is 0.233 e. The summed E-state index contributed by atoms with van der Waals surface area (Å²) in [5.41, 5.74) is 0.576. The van der Waals surface area contributed by atoms with Crippen molar-refractivity contribution in [3.8, 4) is 0 Å². The molecule has 3 nitrogen and oxygen atoms in total. The minimum atomic E-state index is -0.251. The van der Waals surface area contributed by atoms with Gasteiger partial charge in [-0.2, -0.15) is 0 Å². The maximum Gasteiger partial charge on any atom is 0.233 e. The van der Waals surface area contributed by atoms with Gasteiger partial charge in [-0.05, 0) is 19.9 Å². The molecule has 0 aliphatic carbocycles. The van der Waals surface area contributed by atoms with Crippen LogP contribution >= 0.6 is 0 Å². The second-order valence-electron chi connectivity index (χ2n) is 3.58. The number of carbonyl (C=O) groups excluding carboxylic acids is 1. The zero-order valence-electron chi connectivity index (χ0n) is 9.59. The molecule has 1 atom stereocenters. The van der Waals surface area contributed by atoms with Gasteiger partial charge in [-0.15, -0.1) is 0 Å². The number of hydrogen-bond donors (Lipinski definition) is 2. The molecule has 1 aromatic rings. The number of amides is 1. The van der Waals surface area contributed by atoms with Gasteiger partial charge in [-0.1, -0.05) is 18.2 Å². The van der Waals surface area contributed by atoms with Crippen LogP contribution in [0.5, 0.6) is 0 Å². The van der Waals surface area contributed by atoms with Gasteiger partial charge in [-0.25, -0.2) is 4.39 Å². The normalized spacial score (nSPS) is 12.2. The third kappa shape index (κ3) is 3.62. The molecule has 0 aromatic heterocycles. The topological polar surface area (TPSA) is 41.1 Å². The number of rotatable bonds is 5. The summed E-state index contributed by atoms with van der Waals surface area (Å²) in [6, 6.07) is 6.38. The van der Waals surface area contributed by atoms with Crippen molar-refractivity contribution in [2.45, 2.75) is 19.9 Å². The maximum atomic E-state index is 13.4. The predicted molar refractivity (Wildman–Crippen MR) is 61.5 cm³/mol. The second kappa shape index (κ2) is 6.23. The fourth-order valence-corrected chi connectivity index (χ4v) is 1.44. The number of carbonyl (C=O) groups is 1. The molecular weight excluding hydrogens is 207 g/mol. The van der Waals surface area contributed by atoms with Crippen LogP contribution < -0.4 is 10.6 Å². The van der Waals surface area contributed by atoms with Crippen LogP contribution in [0, 0.1) is 5.82 Å². The van der Waals surface area contributed by atoms with Gasteiger partial charge in [0.25, 0.3) is 0 Å². The number of likely N-dealkylation sites (N-methyl/N-ethyl adjacent to an activating group) is 1. The van der Waals surface area contributed by atoms with Crippen molar-refractivity contribution in [3.63, 3.8) is 0 Å². The summed E-state index contributed by atoms with van der Waals surface area (Å²) in [4.78, 5) is 11.2. The summed E-state index contributed by atoms with van der Waals surface area (Å²) in [5.74, 6) is -0.330. The highest BCUT2D eigenvalue weighted by Gasteiger charge is 2.10. The molecule has 16 heavy (non-hydrogen) atoms. The SMILES string of the molecule is CCNC(=O)CN[C@H](C)c1ccccc1F. The molecule has 4 heteroatoms. The Hall–Kier alpha value is -1.42. The number of benzene rings is 1. The van der Waals surface area contributed by atoms with Crippen LogP contribution in [0.2, 0.25) is 0 Å². The van der Waals surface area contributed by atoms with E-state index < -0.39 is 0 Å². The summed E-state index contributed by atoms with van der Waals surface area (Å²) < 4.78 is 13.4. The lowest BCUT2D eigenvalue weighted by Crippen LogP contribution is -2.35. The number of nitrogens with one attached hydrogen (secondary N) is 2. The molecule has 0 spiro atoms. The number of halogens is 1. The Bertz CT molecular complexity index is 355. The van der Waals surface area contributed by atoms with Crippen LogP contribution in [0.25, 0.3) is 0 Å². The number of hydrogen-bond acceptors (Lipinski definition) is 2. The van der Waals surface area contributed by atoms with Crippen LogP contribution in [0.15, 0.2) is 24.3 Å². The molecule has 1 rings (SSSR count). The van der Waals surface area contributed by atoms with Gasteiger partial charge >= 0.3 is 0 Å². The molecule has 0 fully saturated rings. The molecule has 2 N–H and O–H groups in total. The van der Waals surface area contributed by atoms with E-state index in [0.717, 1.165) is 0 Å². The van der Waals surface area contributed by atoms with Crippen molar-refractivity contribution in [1.82, 2.24) is 10.6 Å². The van der Waals surface area contributed by atoms with Crippen molar-refractivity contribution >= 4 is 5.91 Å². The summed E-state index contributed by atoms with van der Waals surface area (Å²) in [7, 11) is 0. The van der Waals surface area contributed by atoms with E-state index in [4.69, 9.17) is 0 Å². The van der Waals surface area contributed by atoms with E-state index in [-0.39, 0.29) is 24.3 Å². The van der Waals surface area contributed by atoms with Gasteiger partial charge in [-0.3, -0.25) is 4.79 Å². The van der Waals surface area contributed by atoms with Crippen LogP contribution in [0.4, 0.5) is 4.39 Å². The third-order valence-electron chi connectivity index (χ3n) is 2.31. The first-order valence-electron chi connectivity index (χ1n) is 5.39. The van der Waals surface area contributed by atoms with Crippen molar-refractivity contribution in [2.75, 3.05) is 13.1 Å². The van der Waals surface area contributed by atoms with Crippen molar-refractivity contribution < 1.29 is 9.18 Å². The zero-order valence-corrected chi connectivity index (χ0v) is 9.59. The highest BCUT2D eigenvalue weighted by molar-refractivity contribution is 5.77. The predicted octanol–water partition coefficient (Wildman–Crippen LogP) is 1.61. The van der Waals surface area contributed by atoms with Gasteiger partial charge in [0.2, 0.25) is 5.91 Å². The Labute approximate surface area is 95.0 Å². The molecule has 1 amide bonds. The Morgan fingerprint density at radius 1 is 1.44 bits per heavy atom. The van der Waals surface area contributed by atoms with Gasteiger partial charge in [0.05, 0.1) is 6.54 Å². The fourth-order valence-electron chi connectivity index (χ4n) is 1.44. The molecule has 1 aromatic carbocycles. The molecular formula is C12H17FN2O. The Kier molecular flexibility index (Phi) is 4.92. The van der Waals surface area contributed by atoms with E-state index in [0.29, 0.717) is 12.1 Å². The zero-order chi connectivity index (χ0) is 12.0. The first kappa shape index (κ1) is 12.6. The van der Waals surface area contributed by atoms with Crippen molar-refractivity contribution in [3.05, 3.63) is 35.6 Å². The van der Waals surface area contributed by atoms with E-state index in [1.54, 1.807) is 18.2 Å². The average molecular weight is 224 g/mol. The molecule has 0 aliphatic heterocycles. The Morgan fingerprint density at radius 2 is 2.12 bits per heavy atom. The van der Waals surface area contributed by atoms with E-state index in [9.17, 15) is 9.18 Å². The Morgan fingerprint density at radius 3 is 2.75 bits per heavy atom. The summed E-state index contributed by atoms with van der Waals surface area (Å²) >= 11 is 0. The van der Waals surface area contributed by atoms with E-state index in [2.05, 4.69) is 10.6 Å². The van der Waals surface area contributed by atoms with Gasteiger partial charge in [0.1, 0.15) is 5.82 Å². The largest absolute Gasteiger partial charge is 0.355 e. The minimum Gasteiger partial charge on any atom is -0.355 e. The van der Waals surface area contributed by atoms with Crippen molar-refractivity contribution in [1.29, 1.82) is 0 Å². The second-order valence-corrected chi connectivity index (χ2v) is 3.58. The van der Waals surface area contributed by atoms with Crippen LogP contribution in [-0.4, -0.2) is 19.0 Å². The quantitative estimate of drug-likeness (QED) is 0.798. The molecule has 0 radical (unpaired) electrons. The lowest BCUT2D eigenvalue weighted by atomic mass is 10.1. The molecule has 0 unspecified atom stereocenters. The molecule has 0 saturated heterocycles.